The van der Waals surface area contributed by atoms with Crippen molar-refractivity contribution in [3.05, 3.63) is 12.2 Å². The lowest BCUT2D eigenvalue weighted by molar-refractivity contribution is -0.164. The maximum atomic E-state index is 13.1. The van der Waals surface area contributed by atoms with Crippen LogP contribution in [0.1, 0.15) is 59.3 Å². The monoisotopic (exact) mass is 342 g/mol. The fourth-order valence-electron chi connectivity index (χ4n) is 7.77. The van der Waals surface area contributed by atoms with E-state index in [0.29, 0.717) is 23.7 Å². The Labute approximate surface area is 152 Å². The maximum absolute atomic E-state index is 13.1. The van der Waals surface area contributed by atoms with Gasteiger partial charge < -0.3 is 4.74 Å². The summed E-state index contributed by atoms with van der Waals surface area (Å²) in [6, 6.07) is 0. The van der Waals surface area contributed by atoms with E-state index in [1.54, 1.807) is 0 Å². The van der Waals surface area contributed by atoms with Gasteiger partial charge in [-0.25, -0.2) is 0 Å². The first kappa shape index (κ1) is 16.4. The highest BCUT2D eigenvalue weighted by Gasteiger charge is 2.62. The molecule has 10 atom stereocenters. The number of allylic oxidation sites excluding steroid dienone is 2. The second-order valence-electron chi connectivity index (χ2n) is 10.4. The van der Waals surface area contributed by atoms with Crippen molar-refractivity contribution in [2.45, 2.75) is 65.4 Å². The van der Waals surface area contributed by atoms with E-state index < -0.39 is 0 Å². The molecule has 138 valence electrons. The van der Waals surface area contributed by atoms with Crippen LogP contribution in [0.2, 0.25) is 0 Å². The van der Waals surface area contributed by atoms with Crippen LogP contribution in [0.3, 0.4) is 0 Å². The number of carbonyl (C=O) groups is 1. The third-order valence-corrected chi connectivity index (χ3v) is 8.80. The summed E-state index contributed by atoms with van der Waals surface area (Å²) in [5.74, 6) is 7.02. The van der Waals surface area contributed by atoms with Crippen LogP contribution in [0.15, 0.2) is 12.2 Å². The Morgan fingerprint density at radius 1 is 1.00 bits per heavy atom. The van der Waals surface area contributed by atoms with Gasteiger partial charge in [0.2, 0.25) is 0 Å². The van der Waals surface area contributed by atoms with Crippen LogP contribution in [0.4, 0.5) is 0 Å². The molecule has 0 aromatic rings. The van der Waals surface area contributed by atoms with Crippen molar-refractivity contribution in [2.75, 3.05) is 0 Å². The van der Waals surface area contributed by atoms with E-state index in [-0.39, 0.29) is 18.0 Å². The summed E-state index contributed by atoms with van der Waals surface area (Å²) in [7, 11) is 0. The Balaban J connectivity index is 1.28. The highest BCUT2D eigenvalue weighted by Crippen LogP contribution is 2.67. The van der Waals surface area contributed by atoms with Crippen LogP contribution < -0.4 is 0 Å². The lowest BCUT2D eigenvalue weighted by atomic mass is 9.69. The van der Waals surface area contributed by atoms with Crippen LogP contribution in [0.25, 0.3) is 0 Å². The molecule has 5 aliphatic rings. The van der Waals surface area contributed by atoms with Crippen molar-refractivity contribution in [3.8, 4) is 0 Å². The molecule has 2 heteroatoms. The summed E-state index contributed by atoms with van der Waals surface area (Å²) in [5, 5.41) is 0. The van der Waals surface area contributed by atoms with E-state index in [2.05, 4.69) is 32.9 Å². The minimum absolute atomic E-state index is 0.169. The third-order valence-electron chi connectivity index (χ3n) is 8.80. The predicted molar refractivity (Wildman–Crippen MR) is 98.6 cm³/mol. The largest absolute Gasteiger partial charge is 0.462 e. The van der Waals surface area contributed by atoms with Gasteiger partial charge in [0.25, 0.3) is 0 Å². The van der Waals surface area contributed by atoms with Gasteiger partial charge in [0, 0.05) is 0 Å². The number of carbonyl (C=O) groups excluding carboxylic acids is 1. The molecule has 4 saturated carbocycles. The van der Waals surface area contributed by atoms with Gasteiger partial charge in [0.05, 0.1) is 5.92 Å². The van der Waals surface area contributed by atoms with E-state index in [1.165, 1.54) is 25.7 Å². The van der Waals surface area contributed by atoms with Gasteiger partial charge in [-0.05, 0) is 85.4 Å². The number of esters is 1. The summed E-state index contributed by atoms with van der Waals surface area (Å²) in [6.45, 7) is 6.91. The molecule has 0 N–H and O–H groups in total. The summed E-state index contributed by atoms with van der Waals surface area (Å²) in [5.41, 5.74) is 0. The van der Waals surface area contributed by atoms with Crippen molar-refractivity contribution < 1.29 is 9.53 Å². The van der Waals surface area contributed by atoms with Gasteiger partial charge in [-0.1, -0.05) is 39.3 Å². The lowest BCUT2D eigenvalue weighted by Crippen LogP contribution is -2.40. The summed E-state index contributed by atoms with van der Waals surface area (Å²) < 4.78 is 6.24. The minimum atomic E-state index is 0.169. The number of hydrogen-bond acceptors (Lipinski definition) is 2. The van der Waals surface area contributed by atoms with E-state index in [4.69, 9.17) is 4.74 Å². The zero-order valence-electron chi connectivity index (χ0n) is 16.1. The first-order chi connectivity index (χ1) is 12.0. The molecule has 0 spiro atoms. The molecule has 5 rings (SSSR count). The Kier molecular flexibility index (Phi) is 3.84. The molecule has 0 aliphatic heterocycles. The molecule has 0 heterocycles. The van der Waals surface area contributed by atoms with Crippen molar-refractivity contribution in [1.29, 1.82) is 0 Å². The van der Waals surface area contributed by atoms with Crippen LogP contribution in [0, 0.1) is 59.2 Å². The number of fused-ring (bicyclic) bond motifs is 9. The zero-order chi connectivity index (χ0) is 17.3. The average Bonchev–Trinajstić information content (AvgIpc) is 3.33. The van der Waals surface area contributed by atoms with Crippen molar-refractivity contribution >= 4 is 5.97 Å². The minimum Gasteiger partial charge on any atom is -0.462 e. The Bertz CT molecular complexity index is 579. The van der Waals surface area contributed by atoms with E-state index in [1.807, 2.05) is 0 Å². The lowest BCUT2D eigenvalue weighted by Gasteiger charge is -2.39. The number of hydrogen-bond donors (Lipinski definition) is 0. The van der Waals surface area contributed by atoms with Gasteiger partial charge in [0.15, 0.2) is 0 Å². The number of ether oxygens (including phenoxy) is 1. The second-order valence-corrected chi connectivity index (χ2v) is 10.4. The highest BCUT2D eigenvalue weighted by molar-refractivity contribution is 5.74. The zero-order valence-corrected chi connectivity index (χ0v) is 16.1. The fourth-order valence-corrected chi connectivity index (χ4v) is 7.77. The van der Waals surface area contributed by atoms with Crippen LogP contribution in [-0.2, 0) is 9.53 Å². The Morgan fingerprint density at radius 2 is 1.76 bits per heavy atom. The van der Waals surface area contributed by atoms with E-state index >= 15 is 0 Å². The average molecular weight is 343 g/mol. The van der Waals surface area contributed by atoms with Gasteiger partial charge in [-0.15, -0.1) is 0 Å². The topological polar surface area (TPSA) is 26.3 Å². The first-order valence-corrected chi connectivity index (χ1v) is 10.9. The molecule has 5 aliphatic carbocycles. The van der Waals surface area contributed by atoms with E-state index in [0.717, 1.165) is 42.4 Å². The molecule has 0 aromatic carbocycles. The molecule has 0 saturated heterocycles. The fraction of sp³-hybridized carbons (Fsp3) is 0.870. The van der Waals surface area contributed by atoms with Crippen molar-refractivity contribution in [3.63, 3.8) is 0 Å². The van der Waals surface area contributed by atoms with Gasteiger partial charge >= 0.3 is 5.97 Å². The molecular weight excluding hydrogens is 308 g/mol. The summed E-state index contributed by atoms with van der Waals surface area (Å²) >= 11 is 0. The Hall–Kier alpha value is -0.790. The maximum Gasteiger partial charge on any atom is 0.309 e. The van der Waals surface area contributed by atoms with E-state index in [9.17, 15) is 4.79 Å². The van der Waals surface area contributed by atoms with Crippen LogP contribution in [-0.4, -0.2) is 12.1 Å². The standard InChI is InChI=1S/C23H34O2/c1-12(2)17-7-4-13(3)8-20(17)25-23(24)19-11-16-10-18(19)22-15-6-5-14(9-15)21(16)22/h5-6,12-22H,4,7-11H2,1-3H3. The van der Waals surface area contributed by atoms with Crippen LogP contribution in [0.5, 0.6) is 0 Å². The molecule has 0 aromatic heterocycles. The molecule has 2 nitrogen and oxygen atoms in total. The highest BCUT2D eigenvalue weighted by atomic mass is 16.5. The van der Waals surface area contributed by atoms with Crippen LogP contribution >= 0.6 is 0 Å². The molecular formula is C23H34O2. The predicted octanol–water partition coefficient (Wildman–Crippen LogP) is 5.08. The molecule has 4 fully saturated rings. The van der Waals surface area contributed by atoms with Crippen molar-refractivity contribution in [1.82, 2.24) is 0 Å². The first-order valence-electron chi connectivity index (χ1n) is 10.9. The normalized spacial score (nSPS) is 52.8. The molecule has 0 amide bonds. The molecule has 4 bridgehead atoms. The summed E-state index contributed by atoms with van der Waals surface area (Å²) in [6.07, 6.45) is 12.5. The van der Waals surface area contributed by atoms with Gasteiger partial charge in [-0.2, -0.15) is 0 Å². The smallest absolute Gasteiger partial charge is 0.309 e. The van der Waals surface area contributed by atoms with Crippen molar-refractivity contribution in [2.24, 2.45) is 59.2 Å². The van der Waals surface area contributed by atoms with Gasteiger partial charge in [0.1, 0.15) is 6.10 Å². The SMILES string of the molecule is CC1CCC(C(C)C)C(OC(=O)C2CC3CC2C2C4C=CC(C4)C32)C1. The Morgan fingerprint density at radius 3 is 2.52 bits per heavy atom. The third kappa shape index (κ3) is 2.46. The molecule has 25 heavy (non-hydrogen) atoms. The summed E-state index contributed by atoms with van der Waals surface area (Å²) in [4.78, 5) is 13.1. The number of rotatable bonds is 3. The second kappa shape index (κ2) is 5.86. The van der Waals surface area contributed by atoms with Gasteiger partial charge in [-0.3, -0.25) is 4.79 Å². The quantitative estimate of drug-likeness (QED) is 0.406. The molecule has 0 radical (unpaired) electrons. The molecule has 10 unspecified atom stereocenters.